The van der Waals surface area contributed by atoms with Crippen LogP contribution in [0, 0.1) is 0 Å². The highest BCUT2D eigenvalue weighted by Gasteiger charge is 2.11. The second kappa shape index (κ2) is 5.17. The van der Waals surface area contributed by atoms with Gasteiger partial charge in [-0.25, -0.2) is 4.79 Å². The molecule has 0 spiro atoms. The second-order valence-corrected chi connectivity index (χ2v) is 5.84. The molecule has 1 aromatic carbocycles. The van der Waals surface area contributed by atoms with E-state index in [0.717, 1.165) is 34.1 Å². The van der Waals surface area contributed by atoms with Gasteiger partial charge in [-0.05, 0) is 12.5 Å². The summed E-state index contributed by atoms with van der Waals surface area (Å²) >= 11 is 1.72. The molecule has 0 aliphatic rings. The zero-order valence-electron chi connectivity index (χ0n) is 10.9. The van der Waals surface area contributed by atoms with Gasteiger partial charge in [-0.1, -0.05) is 38.0 Å². The lowest BCUT2D eigenvalue weighted by Gasteiger charge is -2.00. The molecule has 2 aromatic heterocycles. The third kappa shape index (κ3) is 2.30. The Morgan fingerprint density at radius 2 is 2.00 bits per heavy atom. The largest absolute Gasteiger partial charge is 0.426 e. The van der Waals surface area contributed by atoms with Crippen molar-refractivity contribution in [1.29, 1.82) is 0 Å². The van der Waals surface area contributed by atoms with E-state index in [-0.39, 0.29) is 5.63 Å². The van der Waals surface area contributed by atoms with Crippen LogP contribution in [0.15, 0.2) is 39.5 Å². The van der Waals surface area contributed by atoms with Gasteiger partial charge in [-0.3, -0.25) is 0 Å². The van der Waals surface area contributed by atoms with Crippen molar-refractivity contribution in [2.45, 2.75) is 32.6 Å². The maximum absolute atomic E-state index is 11.7. The number of fused-ring (bicyclic) bond motifs is 3. The first-order valence-corrected chi connectivity index (χ1v) is 7.55. The second-order valence-electron chi connectivity index (χ2n) is 4.79. The van der Waals surface area contributed by atoms with E-state index in [2.05, 4.69) is 19.1 Å². The van der Waals surface area contributed by atoms with E-state index < -0.39 is 0 Å². The predicted octanol–water partition coefficient (Wildman–Crippen LogP) is 4.74. The molecular weight excluding hydrogens is 256 g/mol. The zero-order valence-corrected chi connectivity index (χ0v) is 11.8. The minimum absolute atomic E-state index is 0.234. The predicted molar refractivity (Wildman–Crippen MR) is 81.1 cm³/mol. The molecule has 0 radical (unpaired) electrons. The van der Waals surface area contributed by atoms with E-state index in [1.54, 1.807) is 17.4 Å². The van der Waals surface area contributed by atoms with Crippen LogP contribution in [0.3, 0.4) is 0 Å². The van der Waals surface area contributed by atoms with Crippen molar-refractivity contribution < 1.29 is 4.42 Å². The molecule has 0 aliphatic heterocycles. The van der Waals surface area contributed by atoms with E-state index in [1.165, 1.54) is 17.5 Å². The molecule has 98 valence electrons. The molecule has 0 aliphatic carbocycles. The number of hydrogen-bond acceptors (Lipinski definition) is 3. The van der Waals surface area contributed by atoms with Gasteiger partial charge in [0, 0.05) is 28.0 Å². The standard InChI is InChI=1S/C16H16O2S/c1-2-3-4-8-13-16-12(10-15(17)18-13)11-7-5-6-9-14(11)19-16/h5-7,9-10H,2-4,8H2,1H3. The molecule has 0 unspecified atom stereocenters. The Bertz CT molecular complexity index is 767. The third-order valence-corrected chi connectivity index (χ3v) is 4.61. The summed E-state index contributed by atoms with van der Waals surface area (Å²) in [6.07, 6.45) is 4.28. The van der Waals surface area contributed by atoms with Crippen molar-refractivity contribution in [3.63, 3.8) is 0 Å². The number of benzene rings is 1. The first-order valence-electron chi connectivity index (χ1n) is 6.74. The Labute approximate surface area is 115 Å². The van der Waals surface area contributed by atoms with Gasteiger partial charge < -0.3 is 4.42 Å². The van der Waals surface area contributed by atoms with Crippen LogP contribution in [0.25, 0.3) is 20.2 Å². The van der Waals surface area contributed by atoms with Gasteiger partial charge in [-0.2, -0.15) is 0 Å². The summed E-state index contributed by atoms with van der Waals surface area (Å²) in [5.41, 5.74) is -0.234. The topological polar surface area (TPSA) is 30.2 Å². The van der Waals surface area contributed by atoms with Gasteiger partial charge in [-0.15, -0.1) is 11.3 Å². The van der Waals surface area contributed by atoms with Crippen molar-refractivity contribution >= 4 is 31.5 Å². The summed E-state index contributed by atoms with van der Waals surface area (Å²) in [4.78, 5) is 11.7. The van der Waals surface area contributed by atoms with Gasteiger partial charge in [0.05, 0.1) is 4.70 Å². The lowest BCUT2D eigenvalue weighted by molar-refractivity contribution is 0.460. The molecule has 0 N–H and O–H groups in total. The van der Waals surface area contributed by atoms with Crippen LogP contribution in [0.4, 0.5) is 0 Å². The monoisotopic (exact) mass is 272 g/mol. The van der Waals surface area contributed by atoms with Crippen LogP contribution < -0.4 is 5.63 Å². The Balaban J connectivity index is 2.18. The SMILES string of the molecule is CCCCCc1oc(=O)cc2c1sc1ccccc12. The Kier molecular flexibility index (Phi) is 3.38. The fraction of sp³-hybridized carbons (Fsp3) is 0.312. The van der Waals surface area contributed by atoms with Gasteiger partial charge in [0.1, 0.15) is 5.76 Å². The summed E-state index contributed by atoms with van der Waals surface area (Å²) in [6.45, 7) is 2.18. The van der Waals surface area contributed by atoms with Gasteiger partial charge in [0.25, 0.3) is 0 Å². The maximum Gasteiger partial charge on any atom is 0.336 e. The molecule has 3 heteroatoms. The molecule has 0 bridgehead atoms. The molecule has 2 nitrogen and oxygen atoms in total. The summed E-state index contributed by atoms with van der Waals surface area (Å²) in [5, 5.41) is 2.20. The minimum Gasteiger partial charge on any atom is -0.426 e. The summed E-state index contributed by atoms with van der Waals surface area (Å²) in [6, 6.07) is 9.84. The van der Waals surface area contributed by atoms with E-state index in [0.29, 0.717) is 0 Å². The van der Waals surface area contributed by atoms with E-state index in [9.17, 15) is 4.79 Å². The summed E-state index contributed by atoms with van der Waals surface area (Å²) in [5.74, 6) is 0.858. The fourth-order valence-corrected chi connectivity index (χ4v) is 3.62. The fourth-order valence-electron chi connectivity index (χ4n) is 2.43. The van der Waals surface area contributed by atoms with Crippen LogP contribution in [0.1, 0.15) is 31.9 Å². The van der Waals surface area contributed by atoms with Crippen LogP contribution in [-0.4, -0.2) is 0 Å². The van der Waals surface area contributed by atoms with Gasteiger partial charge in [0.15, 0.2) is 0 Å². The van der Waals surface area contributed by atoms with Crippen LogP contribution in [-0.2, 0) is 6.42 Å². The number of hydrogen-bond donors (Lipinski definition) is 0. The van der Waals surface area contributed by atoms with Gasteiger partial charge in [0.2, 0.25) is 0 Å². The quantitative estimate of drug-likeness (QED) is 0.642. The molecule has 0 fully saturated rings. The molecule has 0 saturated carbocycles. The van der Waals surface area contributed by atoms with Crippen molar-refractivity contribution in [1.82, 2.24) is 0 Å². The average Bonchev–Trinajstić information content (AvgIpc) is 2.78. The Morgan fingerprint density at radius 1 is 1.16 bits per heavy atom. The van der Waals surface area contributed by atoms with Crippen LogP contribution >= 0.6 is 11.3 Å². The minimum atomic E-state index is -0.234. The number of thiophene rings is 1. The molecule has 3 aromatic rings. The summed E-state index contributed by atoms with van der Waals surface area (Å²) < 4.78 is 7.78. The van der Waals surface area contributed by atoms with Crippen molar-refractivity contribution in [3.8, 4) is 0 Å². The first-order chi connectivity index (χ1) is 9.29. The molecule has 0 saturated heterocycles. The molecular formula is C16H16O2S. The lowest BCUT2D eigenvalue weighted by atomic mass is 10.1. The van der Waals surface area contributed by atoms with Crippen molar-refractivity contribution in [2.75, 3.05) is 0 Å². The smallest absolute Gasteiger partial charge is 0.336 e. The zero-order chi connectivity index (χ0) is 13.2. The lowest BCUT2D eigenvalue weighted by Crippen LogP contribution is -1.99. The van der Waals surface area contributed by atoms with E-state index in [4.69, 9.17) is 4.42 Å². The van der Waals surface area contributed by atoms with Crippen LogP contribution in [0.5, 0.6) is 0 Å². The number of aryl methyl sites for hydroxylation is 1. The average molecular weight is 272 g/mol. The highest BCUT2D eigenvalue weighted by atomic mass is 32.1. The first kappa shape index (κ1) is 12.4. The Hall–Kier alpha value is -1.61. The van der Waals surface area contributed by atoms with Gasteiger partial charge >= 0.3 is 5.63 Å². The Morgan fingerprint density at radius 3 is 2.84 bits per heavy atom. The van der Waals surface area contributed by atoms with Crippen LogP contribution in [0.2, 0.25) is 0 Å². The normalized spacial score (nSPS) is 11.4. The number of unbranched alkanes of at least 4 members (excludes halogenated alkanes) is 2. The summed E-state index contributed by atoms with van der Waals surface area (Å²) in [7, 11) is 0. The molecule has 3 rings (SSSR count). The number of rotatable bonds is 4. The molecule has 0 amide bonds. The molecule has 2 heterocycles. The van der Waals surface area contributed by atoms with E-state index >= 15 is 0 Å². The third-order valence-electron chi connectivity index (χ3n) is 3.38. The van der Waals surface area contributed by atoms with E-state index in [1.807, 2.05) is 12.1 Å². The molecule has 19 heavy (non-hydrogen) atoms. The molecule has 0 atom stereocenters. The van der Waals surface area contributed by atoms with Crippen molar-refractivity contribution in [2.24, 2.45) is 0 Å². The van der Waals surface area contributed by atoms with Crippen molar-refractivity contribution in [3.05, 3.63) is 46.5 Å². The highest BCUT2D eigenvalue weighted by molar-refractivity contribution is 7.26. The highest BCUT2D eigenvalue weighted by Crippen LogP contribution is 2.35. The maximum atomic E-state index is 11.7.